The first-order valence-electron chi connectivity index (χ1n) is 9.21. The Morgan fingerprint density at radius 1 is 1.26 bits per heavy atom. The third-order valence-electron chi connectivity index (χ3n) is 4.74. The topological polar surface area (TPSA) is 82.2 Å². The third kappa shape index (κ3) is 4.89. The largest absolute Gasteiger partial charge is 0.340 e. The van der Waals surface area contributed by atoms with Gasteiger partial charge in [-0.05, 0) is 13.0 Å². The van der Waals surface area contributed by atoms with Gasteiger partial charge < -0.3 is 9.88 Å². The van der Waals surface area contributed by atoms with E-state index in [9.17, 15) is 9.59 Å². The smallest absolute Gasteiger partial charge is 0.273 e. The van der Waals surface area contributed by atoms with E-state index in [1.807, 2.05) is 42.2 Å². The van der Waals surface area contributed by atoms with Crippen molar-refractivity contribution in [1.82, 2.24) is 25.0 Å². The standard InChI is InChI=1S/C20H25N5O2/c1-3-9-24-10-12-25(13-11-24)18(26)8-7-17-20(27)21-19(23-22-17)16-6-4-5-15(2)14-16/h3-6,14H,1,7-13H2,2H3,(H,21,23,27). The van der Waals surface area contributed by atoms with Gasteiger partial charge in [0, 0.05) is 51.1 Å². The highest BCUT2D eigenvalue weighted by atomic mass is 16.2. The van der Waals surface area contributed by atoms with Gasteiger partial charge in [-0.15, -0.1) is 16.8 Å². The molecule has 27 heavy (non-hydrogen) atoms. The molecule has 1 N–H and O–H groups in total. The van der Waals surface area contributed by atoms with Crippen LogP contribution in [-0.2, 0) is 11.2 Å². The fourth-order valence-corrected chi connectivity index (χ4v) is 3.19. The Hall–Kier alpha value is -2.80. The second-order valence-corrected chi connectivity index (χ2v) is 6.79. The summed E-state index contributed by atoms with van der Waals surface area (Å²) in [6, 6.07) is 7.70. The number of nitrogens with one attached hydrogen (secondary N) is 1. The van der Waals surface area contributed by atoms with E-state index in [1.165, 1.54) is 0 Å². The molecule has 1 fully saturated rings. The van der Waals surface area contributed by atoms with E-state index in [1.54, 1.807) is 0 Å². The van der Waals surface area contributed by atoms with Gasteiger partial charge in [-0.1, -0.05) is 29.8 Å². The summed E-state index contributed by atoms with van der Waals surface area (Å²) in [4.78, 5) is 31.6. The second-order valence-electron chi connectivity index (χ2n) is 6.79. The van der Waals surface area contributed by atoms with E-state index in [2.05, 4.69) is 26.7 Å². The number of benzene rings is 1. The molecule has 0 spiro atoms. The van der Waals surface area contributed by atoms with E-state index in [0.29, 0.717) is 31.0 Å². The van der Waals surface area contributed by atoms with Gasteiger partial charge in [0.25, 0.3) is 5.56 Å². The Labute approximate surface area is 158 Å². The minimum atomic E-state index is -0.287. The van der Waals surface area contributed by atoms with E-state index >= 15 is 0 Å². The van der Waals surface area contributed by atoms with Crippen molar-refractivity contribution in [2.75, 3.05) is 32.7 Å². The van der Waals surface area contributed by atoms with Crippen LogP contribution in [0.2, 0.25) is 0 Å². The molecule has 2 aromatic rings. The lowest BCUT2D eigenvalue weighted by atomic mass is 10.1. The Kier molecular flexibility index (Phi) is 6.13. The molecule has 0 aliphatic carbocycles. The van der Waals surface area contributed by atoms with Crippen LogP contribution in [0.15, 0.2) is 41.7 Å². The number of aryl methyl sites for hydroxylation is 2. The summed E-state index contributed by atoms with van der Waals surface area (Å²) in [5.41, 5.74) is 1.91. The van der Waals surface area contributed by atoms with Crippen LogP contribution in [0.25, 0.3) is 11.4 Å². The summed E-state index contributed by atoms with van der Waals surface area (Å²) in [6.45, 7) is 9.69. The number of amides is 1. The van der Waals surface area contributed by atoms with Crippen molar-refractivity contribution >= 4 is 5.91 Å². The monoisotopic (exact) mass is 367 g/mol. The summed E-state index contributed by atoms with van der Waals surface area (Å²) in [7, 11) is 0. The van der Waals surface area contributed by atoms with Crippen LogP contribution in [0.3, 0.4) is 0 Å². The predicted octanol–water partition coefficient (Wildman–Crippen LogP) is 1.40. The summed E-state index contributed by atoms with van der Waals surface area (Å²) < 4.78 is 0. The van der Waals surface area contributed by atoms with E-state index in [4.69, 9.17) is 0 Å². The molecule has 7 heteroatoms. The SMILES string of the molecule is C=CCN1CCN(C(=O)CCc2nnc(-c3cccc(C)c3)[nH]c2=O)CC1. The molecule has 3 rings (SSSR count). The lowest BCUT2D eigenvalue weighted by Crippen LogP contribution is -2.48. The third-order valence-corrected chi connectivity index (χ3v) is 4.74. The molecule has 0 radical (unpaired) electrons. The summed E-state index contributed by atoms with van der Waals surface area (Å²) in [5, 5.41) is 8.18. The molecule has 0 atom stereocenters. The molecule has 2 heterocycles. The van der Waals surface area contributed by atoms with E-state index in [-0.39, 0.29) is 17.9 Å². The molecule has 1 aliphatic rings. The van der Waals surface area contributed by atoms with Crippen LogP contribution in [0.4, 0.5) is 0 Å². The number of hydrogen-bond acceptors (Lipinski definition) is 5. The molecule has 0 saturated carbocycles. The van der Waals surface area contributed by atoms with Crippen LogP contribution in [0.1, 0.15) is 17.7 Å². The molecule has 0 bridgehead atoms. The lowest BCUT2D eigenvalue weighted by molar-refractivity contribution is -0.132. The number of nitrogens with zero attached hydrogens (tertiary/aromatic N) is 4. The van der Waals surface area contributed by atoms with Gasteiger partial charge in [0.2, 0.25) is 5.91 Å². The zero-order chi connectivity index (χ0) is 19.2. The molecule has 1 aromatic heterocycles. The molecule has 7 nitrogen and oxygen atoms in total. The van der Waals surface area contributed by atoms with Gasteiger partial charge in [-0.25, -0.2) is 0 Å². The number of carbonyl (C=O) groups is 1. The normalized spacial score (nSPS) is 14.9. The molecule has 142 valence electrons. The lowest BCUT2D eigenvalue weighted by Gasteiger charge is -2.34. The number of carbonyl (C=O) groups excluding carboxylic acids is 1. The van der Waals surface area contributed by atoms with Crippen LogP contribution in [-0.4, -0.2) is 63.6 Å². The van der Waals surface area contributed by atoms with Crippen LogP contribution < -0.4 is 5.56 Å². The van der Waals surface area contributed by atoms with Crippen molar-refractivity contribution in [3.63, 3.8) is 0 Å². The molecule has 0 unspecified atom stereocenters. The van der Waals surface area contributed by atoms with Gasteiger partial charge in [0.15, 0.2) is 5.82 Å². The number of H-pyrrole nitrogens is 1. The fraction of sp³-hybridized carbons (Fsp3) is 0.400. The van der Waals surface area contributed by atoms with Crippen LogP contribution >= 0.6 is 0 Å². The van der Waals surface area contributed by atoms with Crippen molar-refractivity contribution in [3.8, 4) is 11.4 Å². The minimum Gasteiger partial charge on any atom is -0.340 e. The Morgan fingerprint density at radius 3 is 2.70 bits per heavy atom. The highest BCUT2D eigenvalue weighted by Gasteiger charge is 2.20. The Morgan fingerprint density at radius 2 is 2.04 bits per heavy atom. The summed E-state index contributed by atoms with van der Waals surface area (Å²) >= 11 is 0. The van der Waals surface area contributed by atoms with Gasteiger partial charge in [0.1, 0.15) is 5.69 Å². The van der Waals surface area contributed by atoms with Gasteiger partial charge in [-0.3, -0.25) is 14.5 Å². The molecule has 1 aliphatic heterocycles. The van der Waals surface area contributed by atoms with E-state index < -0.39 is 0 Å². The number of rotatable bonds is 6. The average molecular weight is 367 g/mol. The zero-order valence-electron chi connectivity index (χ0n) is 15.6. The molecule has 1 aromatic carbocycles. The Bertz CT molecular complexity index is 869. The molecular weight excluding hydrogens is 342 g/mol. The average Bonchev–Trinajstić information content (AvgIpc) is 2.67. The molecule has 1 amide bonds. The first-order valence-corrected chi connectivity index (χ1v) is 9.21. The summed E-state index contributed by atoms with van der Waals surface area (Å²) in [5.74, 6) is 0.495. The fourth-order valence-electron chi connectivity index (χ4n) is 3.19. The predicted molar refractivity (Wildman–Crippen MR) is 104 cm³/mol. The van der Waals surface area contributed by atoms with Crippen molar-refractivity contribution in [3.05, 3.63) is 58.5 Å². The highest BCUT2D eigenvalue weighted by Crippen LogP contribution is 2.14. The van der Waals surface area contributed by atoms with Crippen LogP contribution in [0.5, 0.6) is 0 Å². The summed E-state index contributed by atoms with van der Waals surface area (Å²) in [6.07, 6.45) is 2.44. The van der Waals surface area contributed by atoms with Gasteiger partial charge >= 0.3 is 0 Å². The number of piperazine rings is 1. The molecular formula is C20H25N5O2. The maximum Gasteiger partial charge on any atom is 0.273 e. The number of hydrogen-bond donors (Lipinski definition) is 1. The Balaban J connectivity index is 1.58. The van der Waals surface area contributed by atoms with Crippen molar-refractivity contribution in [1.29, 1.82) is 0 Å². The maximum atomic E-state index is 12.4. The quantitative estimate of drug-likeness (QED) is 0.781. The number of aromatic amines is 1. The van der Waals surface area contributed by atoms with E-state index in [0.717, 1.165) is 30.8 Å². The van der Waals surface area contributed by atoms with Crippen molar-refractivity contribution in [2.45, 2.75) is 19.8 Å². The molecule has 1 saturated heterocycles. The zero-order valence-corrected chi connectivity index (χ0v) is 15.6. The second kappa shape index (κ2) is 8.73. The van der Waals surface area contributed by atoms with Gasteiger partial charge in [0.05, 0.1) is 0 Å². The minimum absolute atomic E-state index is 0.0530. The number of aromatic nitrogens is 3. The highest BCUT2D eigenvalue weighted by molar-refractivity contribution is 5.76. The first-order chi connectivity index (χ1) is 13.1. The van der Waals surface area contributed by atoms with Crippen molar-refractivity contribution in [2.24, 2.45) is 0 Å². The van der Waals surface area contributed by atoms with Crippen molar-refractivity contribution < 1.29 is 4.79 Å². The van der Waals surface area contributed by atoms with Gasteiger partial charge in [-0.2, -0.15) is 0 Å². The van der Waals surface area contributed by atoms with Crippen LogP contribution in [0, 0.1) is 6.92 Å². The first kappa shape index (κ1) is 19.0. The maximum absolute atomic E-state index is 12.4.